The van der Waals surface area contributed by atoms with E-state index in [2.05, 4.69) is 15.9 Å². The van der Waals surface area contributed by atoms with E-state index in [0.717, 1.165) is 0 Å². The van der Waals surface area contributed by atoms with Crippen molar-refractivity contribution in [3.8, 4) is 0 Å². The van der Waals surface area contributed by atoms with Crippen molar-refractivity contribution < 1.29 is 12.8 Å². The van der Waals surface area contributed by atoms with Gasteiger partial charge in [0, 0.05) is 19.7 Å². The van der Waals surface area contributed by atoms with Crippen LogP contribution in [0.3, 0.4) is 0 Å². The van der Waals surface area contributed by atoms with Crippen LogP contribution in [0.2, 0.25) is 0 Å². The van der Waals surface area contributed by atoms with Crippen LogP contribution in [0.5, 0.6) is 0 Å². The van der Waals surface area contributed by atoms with Crippen LogP contribution in [0.25, 0.3) is 0 Å². The minimum atomic E-state index is -3.47. The van der Waals surface area contributed by atoms with Gasteiger partial charge < -0.3 is 10.2 Å². The van der Waals surface area contributed by atoms with Crippen molar-refractivity contribution in [2.24, 2.45) is 5.73 Å². The number of furan rings is 1. The molecule has 0 radical (unpaired) electrons. The van der Waals surface area contributed by atoms with E-state index >= 15 is 0 Å². The first kappa shape index (κ1) is 12.7. The third-order valence-corrected chi connectivity index (χ3v) is 4.83. The molecule has 0 saturated heterocycles. The fourth-order valence-electron chi connectivity index (χ4n) is 1.01. The van der Waals surface area contributed by atoms with Gasteiger partial charge in [0.2, 0.25) is 10.0 Å². The largest absolute Gasteiger partial charge is 0.452 e. The molecule has 0 aliphatic heterocycles. The van der Waals surface area contributed by atoms with Crippen LogP contribution in [-0.4, -0.2) is 26.3 Å². The first-order chi connectivity index (χ1) is 6.93. The minimum Gasteiger partial charge on any atom is -0.452 e. The molecule has 5 nitrogen and oxygen atoms in total. The normalized spacial score (nSPS) is 12.3. The molecule has 1 rings (SSSR count). The molecule has 0 amide bonds. The number of nitrogens with zero attached hydrogens (tertiary/aromatic N) is 1. The van der Waals surface area contributed by atoms with E-state index in [0.29, 0.717) is 12.3 Å². The van der Waals surface area contributed by atoms with Crippen LogP contribution in [0.4, 0.5) is 0 Å². The molecule has 2 N–H and O–H groups in total. The zero-order valence-corrected chi connectivity index (χ0v) is 10.9. The molecule has 0 aliphatic rings. The third-order valence-electron chi connectivity index (χ3n) is 2.04. The van der Waals surface area contributed by atoms with Crippen molar-refractivity contribution in [3.05, 3.63) is 16.5 Å². The van der Waals surface area contributed by atoms with Gasteiger partial charge >= 0.3 is 0 Å². The smallest absolute Gasteiger partial charge is 0.247 e. The van der Waals surface area contributed by atoms with Gasteiger partial charge in [0.15, 0.2) is 4.67 Å². The topological polar surface area (TPSA) is 76.5 Å². The molecule has 0 bridgehead atoms. The second-order valence-corrected chi connectivity index (χ2v) is 5.71. The van der Waals surface area contributed by atoms with Gasteiger partial charge in [0.05, 0.1) is 6.54 Å². The lowest BCUT2D eigenvalue weighted by molar-refractivity contribution is 0.470. The predicted molar refractivity (Wildman–Crippen MR) is 59.8 cm³/mol. The van der Waals surface area contributed by atoms with Gasteiger partial charge in [-0.1, -0.05) is 6.92 Å². The van der Waals surface area contributed by atoms with E-state index in [1.54, 1.807) is 6.92 Å². The monoisotopic (exact) mass is 296 g/mol. The first-order valence-corrected chi connectivity index (χ1v) is 6.61. The lowest BCUT2D eigenvalue weighted by Gasteiger charge is -2.12. The summed E-state index contributed by atoms with van der Waals surface area (Å²) in [5.74, 6) is 0.435. The molecular formula is C8H13BrN2O3S. The van der Waals surface area contributed by atoms with E-state index in [9.17, 15) is 8.42 Å². The van der Waals surface area contributed by atoms with Gasteiger partial charge in [-0.25, -0.2) is 12.7 Å². The molecule has 1 aromatic rings. The number of hydrogen-bond donors (Lipinski definition) is 1. The van der Waals surface area contributed by atoms with Crippen LogP contribution >= 0.6 is 15.9 Å². The first-order valence-electron chi connectivity index (χ1n) is 4.38. The van der Waals surface area contributed by atoms with Gasteiger partial charge in [0.1, 0.15) is 10.7 Å². The fraction of sp³-hybridized carbons (Fsp3) is 0.500. The maximum absolute atomic E-state index is 11.9. The highest BCUT2D eigenvalue weighted by molar-refractivity contribution is 9.10. The van der Waals surface area contributed by atoms with Crippen molar-refractivity contribution in [3.63, 3.8) is 0 Å². The summed E-state index contributed by atoms with van der Waals surface area (Å²) in [5.41, 5.74) is 5.36. The van der Waals surface area contributed by atoms with Crippen molar-refractivity contribution in [1.82, 2.24) is 4.31 Å². The van der Waals surface area contributed by atoms with E-state index in [-0.39, 0.29) is 16.1 Å². The second kappa shape index (κ2) is 4.65. The van der Waals surface area contributed by atoms with E-state index in [4.69, 9.17) is 10.2 Å². The molecule has 0 spiro atoms. The number of sulfonamides is 1. The van der Waals surface area contributed by atoms with Gasteiger partial charge in [0.25, 0.3) is 0 Å². The summed E-state index contributed by atoms with van der Waals surface area (Å²) in [6.45, 7) is 2.33. The van der Waals surface area contributed by atoms with Crippen LogP contribution < -0.4 is 5.73 Å². The maximum atomic E-state index is 11.9. The van der Waals surface area contributed by atoms with Crippen LogP contribution in [0, 0.1) is 0 Å². The Kier molecular flexibility index (Phi) is 3.93. The van der Waals surface area contributed by atoms with Gasteiger partial charge in [-0.15, -0.1) is 0 Å². The molecule has 1 aromatic heterocycles. The summed E-state index contributed by atoms with van der Waals surface area (Å²) in [6.07, 6.45) is 0. The van der Waals surface area contributed by atoms with E-state index in [1.165, 1.54) is 17.4 Å². The zero-order chi connectivity index (χ0) is 11.6. The van der Waals surface area contributed by atoms with Crippen molar-refractivity contribution >= 4 is 26.0 Å². The van der Waals surface area contributed by atoms with Crippen LogP contribution in [0.15, 0.2) is 20.0 Å². The Morgan fingerprint density at radius 1 is 1.60 bits per heavy atom. The third kappa shape index (κ3) is 2.41. The van der Waals surface area contributed by atoms with Crippen LogP contribution in [0.1, 0.15) is 12.7 Å². The van der Waals surface area contributed by atoms with Gasteiger partial charge in [-0.05, 0) is 15.9 Å². The van der Waals surface area contributed by atoms with Crippen molar-refractivity contribution in [2.45, 2.75) is 18.4 Å². The molecule has 86 valence electrons. The fourth-order valence-corrected chi connectivity index (χ4v) is 3.15. The molecule has 15 heavy (non-hydrogen) atoms. The van der Waals surface area contributed by atoms with Crippen LogP contribution in [-0.2, 0) is 16.6 Å². The van der Waals surface area contributed by atoms with Crippen molar-refractivity contribution in [2.75, 3.05) is 13.6 Å². The lowest BCUT2D eigenvalue weighted by atomic mass is 10.5. The Balaban J connectivity index is 3.21. The summed E-state index contributed by atoms with van der Waals surface area (Å²) >= 11 is 3.06. The molecule has 0 aromatic carbocycles. The highest BCUT2D eigenvalue weighted by atomic mass is 79.9. The quantitative estimate of drug-likeness (QED) is 0.904. The standard InChI is InChI=1S/C8H13BrN2O3S/c1-3-11(2)15(12,13)7-4-6(5-10)14-8(7)9/h4H,3,5,10H2,1-2H3. The summed E-state index contributed by atoms with van der Waals surface area (Å²) < 4.78 is 30.4. The molecule has 0 aliphatic carbocycles. The second-order valence-electron chi connectivity index (χ2n) is 2.97. The number of halogens is 1. The number of rotatable bonds is 4. The molecule has 0 fully saturated rings. The zero-order valence-electron chi connectivity index (χ0n) is 8.53. The Morgan fingerprint density at radius 3 is 2.60 bits per heavy atom. The molecule has 7 heteroatoms. The SMILES string of the molecule is CCN(C)S(=O)(=O)c1cc(CN)oc1Br. The Bertz CT molecular complexity index is 441. The summed E-state index contributed by atoms with van der Waals surface area (Å²) in [5, 5.41) is 0. The Hall–Kier alpha value is -0.370. The lowest BCUT2D eigenvalue weighted by Crippen LogP contribution is -2.26. The summed E-state index contributed by atoms with van der Waals surface area (Å²) in [6, 6.07) is 1.44. The molecule has 1 heterocycles. The minimum absolute atomic E-state index is 0.118. The predicted octanol–water partition coefficient (Wildman–Crippen LogP) is 1.14. The molecule has 0 atom stereocenters. The molecule has 0 unspecified atom stereocenters. The highest BCUT2D eigenvalue weighted by Crippen LogP contribution is 2.27. The average Bonchev–Trinajstić information content (AvgIpc) is 2.58. The Labute approximate surface area is 97.4 Å². The summed E-state index contributed by atoms with van der Waals surface area (Å²) in [7, 11) is -1.96. The van der Waals surface area contributed by atoms with E-state index < -0.39 is 10.0 Å². The molecule has 0 saturated carbocycles. The van der Waals surface area contributed by atoms with Gasteiger partial charge in [-0.2, -0.15) is 0 Å². The number of hydrogen-bond acceptors (Lipinski definition) is 4. The Morgan fingerprint density at radius 2 is 2.20 bits per heavy atom. The van der Waals surface area contributed by atoms with E-state index in [1.807, 2.05) is 0 Å². The van der Waals surface area contributed by atoms with Crippen molar-refractivity contribution in [1.29, 1.82) is 0 Å². The highest BCUT2D eigenvalue weighted by Gasteiger charge is 2.25. The maximum Gasteiger partial charge on any atom is 0.247 e. The molecular weight excluding hydrogens is 284 g/mol. The average molecular weight is 297 g/mol. The summed E-state index contributed by atoms with van der Waals surface area (Å²) in [4.78, 5) is 0.118. The number of nitrogens with two attached hydrogens (primary N) is 1. The van der Waals surface area contributed by atoms with Gasteiger partial charge in [-0.3, -0.25) is 0 Å².